The molecule has 6 nitrogen and oxygen atoms in total. The van der Waals surface area contributed by atoms with Gasteiger partial charge in [0.1, 0.15) is 17.2 Å². The third-order valence-electron chi connectivity index (χ3n) is 3.22. The molecule has 0 saturated heterocycles. The van der Waals surface area contributed by atoms with E-state index in [0.29, 0.717) is 46.9 Å². The summed E-state index contributed by atoms with van der Waals surface area (Å²) >= 11 is 5.98. The molecule has 2 N–H and O–H groups in total. The van der Waals surface area contributed by atoms with Gasteiger partial charge in [0.05, 0.1) is 31.7 Å². The zero-order valence-corrected chi connectivity index (χ0v) is 15.1. The Morgan fingerprint density at radius 1 is 0.960 bits per heavy atom. The van der Waals surface area contributed by atoms with E-state index >= 15 is 0 Å². The molecule has 134 valence electrons. The maximum absolute atomic E-state index is 12.4. The molecule has 25 heavy (non-hydrogen) atoms. The quantitative estimate of drug-likeness (QED) is 0.741. The van der Waals surface area contributed by atoms with E-state index in [1.807, 2.05) is 13.8 Å². The molecule has 0 unspecified atom stereocenters. The van der Waals surface area contributed by atoms with E-state index in [2.05, 4.69) is 10.6 Å². The fourth-order valence-corrected chi connectivity index (χ4v) is 2.37. The number of rotatable bonds is 7. The van der Waals surface area contributed by atoms with Gasteiger partial charge >= 0.3 is 6.03 Å². The maximum atomic E-state index is 12.4. The number of benzene rings is 2. The Bertz CT molecular complexity index is 737. The number of halogens is 1. The second-order valence-corrected chi connectivity index (χ2v) is 5.38. The van der Waals surface area contributed by atoms with Crippen LogP contribution in [0.5, 0.6) is 17.2 Å². The average Bonchev–Trinajstić information content (AvgIpc) is 2.58. The van der Waals surface area contributed by atoms with Gasteiger partial charge in [0.15, 0.2) is 0 Å². The highest BCUT2D eigenvalue weighted by Gasteiger charge is 2.12. The molecule has 2 aromatic carbocycles. The Morgan fingerprint density at radius 2 is 1.60 bits per heavy atom. The third-order valence-corrected chi connectivity index (χ3v) is 3.45. The van der Waals surface area contributed by atoms with Crippen molar-refractivity contribution in [2.75, 3.05) is 31.0 Å². The smallest absolute Gasteiger partial charge is 0.323 e. The first kappa shape index (κ1) is 18.7. The van der Waals surface area contributed by atoms with Gasteiger partial charge in [-0.05, 0) is 44.2 Å². The Kier molecular flexibility index (Phi) is 6.77. The molecule has 0 bridgehead atoms. The lowest BCUT2D eigenvalue weighted by molar-refractivity contribution is 0.261. The second-order valence-electron chi connectivity index (χ2n) is 4.95. The van der Waals surface area contributed by atoms with Gasteiger partial charge in [0.2, 0.25) is 0 Å². The summed E-state index contributed by atoms with van der Waals surface area (Å²) in [5.74, 6) is 1.70. The minimum Gasteiger partial charge on any atom is -0.495 e. The minimum atomic E-state index is -0.449. The molecule has 0 saturated carbocycles. The van der Waals surface area contributed by atoms with E-state index in [9.17, 15) is 4.79 Å². The summed E-state index contributed by atoms with van der Waals surface area (Å²) < 4.78 is 16.2. The summed E-state index contributed by atoms with van der Waals surface area (Å²) in [4.78, 5) is 12.4. The summed E-state index contributed by atoms with van der Waals surface area (Å²) in [5, 5.41) is 5.97. The van der Waals surface area contributed by atoms with Crippen molar-refractivity contribution in [2.45, 2.75) is 13.8 Å². The van der Waals surface area contributed by atoms with Crippen molar-refractivity contribution in [3.63, 3.8) is 0 Å². The fraction of sp³-hybridized carbons (Fsp3) is 0.278. The van der Waals surface area contributed by atoms with Gasteiger partial charge in [-0.1, -0.05) is 11.6 Å². The number of amides is 2. The van der Waals surface area contributed by atoms with Gasteiger partial charge in [0.25, 0.3) is 0 Å². The number of anilines is 2. The molecule has 0 aliphatic carbocycles. The SMILES string of the molecule is CCOc1ccc(OCC)c(NC(=O)Nc2cc(Cl)ccc2OC)c1. The number of carbonyl (C=O) groups excluding carboxylic acids is 1. The lowest BCUT2D eigenvalue weighted by Crippen LogP contribution is -2.20. The van der Waals surface area contributed by atoms with Crippen LogP contribution in [-0.4, -0.2) is 26.4 Å². The van der Waals surface area contributed by atoms with Crippen molar-refractivity contribution in [3.8, 4) is 17.2 Å². The van der Waals surface area contributed by atoms with Crippen LogP contribution >= 0.6 is 11.6 Å². The Labute approximate surface area is 152 Å². The molecule has 0 fully saturated rings. The summed E-state index contributed by atoms with van der Waals surface area (Å²) in [6.07, 6.45) is 0. The van der Waals surface area contributed by atoms with Gasteiger partial charge in [-0.3, -0.25) is 0 Å². The van der Waals surface area contributed by atoms with Crippen LogP contribution in [0.1, 0.15) is 13.8 Å². The van der Waals surface area contributed by atoms with Crippen LogP contribution < -0.4 is 24.8 Å². The van der Waals surface area contributed by atoms with Crippen LogP contribution in [0, 0.1) is 0 Å². The van der Waals surface area contributed by atoms with Crippen LogP contribution in [0.15, 0.2) is 36.4 Å². The lowest BCUT2D eigenvalue weighted by atomic mass is 10.2. The number of methoxy groups -OCH3 is 1. The predicted molar refractivity (Wildman–Crippen MR) is 99.4 cm³/mol. The normalized spacial score (nSPS) is 10.1. The van der Waals surface area contributed by atoms with Gasteiger partial charge in [-0.15, -0.1) is 0 Å². The highest BCUT2D eigenvalue weighted by molar-refractivity contribution is 6.31. The highest BCUT2D eigenvalue weighted by atomic mass is 35.5. The molecule has 2 amide bonds. The van der Waals surface area contributed by atoms with Gasteiger partial charge in [-0.2, -0.15) is 0 Å². The molecule has 0 atom stereocenters. The number of ether oxygens (including phenoxy) is 3. The molecular formula is C18H21ClN2O4. The molecule has 2 aromatic rings. The number of hydrogen-bond acceptors (Lipinski definition) is 4. The van der Waals surface area contributed by atoms with Crippen molar-refractivity contribution < 1.29 is 19.0 Å². The van der Waals surface area contributed by atoms with E-state index in [1.54, 1.807) is 36.4 Å². The van der Waals surface area contributed by atoms with Crippen LogP contribution in [0.2, 0.25) is 5.02 Å². The number of nitrogens with one attached hydrogen (secondary N) is 2. The molecule has 2 rings (SSSR count). The summed E-state index contributed by atoms with van der Waals surface area (Å²) in [7, 11) is 1.52. The molecule has 0 radical (unpaired) electrons. The van der Waals surface area contributed by atoms with E-state index in [1.165, 1.54) is 7.11 Å². The molecule has 0 heterocycles. The number of urea groups is 1. The molecular weight excluding hydrogens is 344 g/mol. The average molecular weight is 365 g/mol. The first-order valence-corrected chi connectivity index (χ1v) is 8.26. The van der Waals surface area contributed by atoms with Crippen molar-refractivity contribution in [3.05, 3.63) is 41.4 Å². The van der Waals surface area contributed by atoms with Crippen molar-refractivity contribution in [2.24, 2.45) is 0 Å². The summed E-state index contributed by atoms with van der Waals surface area (Å²) in [5.41, 5.74) is 0.970. The number of carbonyl (C=O) groups is 1. The standard InChI is InChI=1S/C18H21ClN2O4/c1-4-24-13-7-9-17(25-5-2)15(11-13)21-18(22)20-14-10-12(19)6-8-16(14)23-3/h6-11H,4-5H2,1-3H3,(H2,20,21,22). The summed E-state index contributed by atoms with van der Waals surface area (Å²) in [6.45, 7) is 4.77. The molecule has 7 heteroatoms. The topological polar surface area (TPSA) is 68.8 Å². The Morgan fingerprint density at radius 3 is 2.24 bits per heavy atom. The second kappa shape index (κ2) is 9.03. The van der Waals surface area contributed by atoms with Crippen molar-refractivity contribution in [1.82, 2.24) is 0 Å². The number of hydrogen-bond donors (Lipinski definition) is 2. The Balaban J connectivity index is 2.19. The first-order valence-electron chi connectivity index (χ1n) is 7.88. The van der Waals surface area contributed by atoms with Crippen LogP contribution in [0.3, 0.4) is 0 Å². The van der Waals surface area contributed by atoms with Crippen LogP contribution in [0.4, 0.5) is 16.2 Å². The largest absolute Gasteiger partial charge is 0.495 e. The van der Waals surface area contributed by atoms with Crippen LogP contribution in [-0.2, 0) is 0 Å². The molecule has 0 aromatic heterocycles. The van der Waals surface area contributed by atoms with E-state index in [0.717, 1.165) is 0 Å². The first-order chi connectivity index (χ1) is 12.1. The molecule has 0 spiro atoms. The maximum Gasteiger partial charge on any atom is 0.323 e. The minimum absolute atomic E-state index is 0.449. The zero-order chi connectivity index (χ0) is 18.2. The van der Waals surface area contributed by atoms with Crippen molar-refractivity contribution >= 4 is 29.0 Å². The predicted octanol–water partition coefficient (Wildman–Crippen LogP) is 4.79. The monoisotopic (exact) mass is 364 g/mol. The lowest BCUT2D eigenvalue weighted by Gasteiger charge is -2.15. The zero-order valence-electron chi connectivity index (χ0n) is 14.4. The van der Waals surface area contributed by atoms with E-state index in [4.69, 9.17) is 25.8 Å². The summed E-state index contributed by atoms with van der Waals surface area (Å²) in [6, 6.07) is 9.78. The molecule has 0 aliphatic rings. The van der Waals surface area contributed by atoms with E-state index in [-0.39, 0.29) is 0 Å². The molecule has 0 aliphatic heterocycles. The van der Waals surface area contributed by atoms with Crippen LogP contribution in [0.25, 0.3) is 0 Å². The third kappa shape index (κ3) is 5.19. The Hall–Kier alpha value is -2.60. The van der Waals surface area contributed by atoms with Gasteiger partial charge in [-0.25, -0.2) is 4.79 Å². The van der Waals surface area contributed by atoms with Crippen molar-refractivity contribution in [1.29, 1.82) is 0 Å². The van der Waals surface area contributed by atoms with Gasteiger partial charge < -0.3 is 24.8 Å². The highest BCUT2D eigenvalue weighted by Crippen LogP contribution is 2.31. The van der Waals surface area contributed by atoms with Gasteiger partial charge in [0, 0.05) is 11.1 Å². The fourth-order valence-electron chi connectivity index (χ4n) is 2.20. The van der Waals surface area contributed by atoms with E-state index < -0.39 is 6.03 Å².